The number of carbonyl (C=O) groups is 1. The smallest absolute Gasteiger partial charge is 0.365 e. The molecular formula is C19H17ClN4O3. The Hall–Kier alpha value is -3.19. The Kier molecular flexibility index (Phi) is 5.52. The fourth-order valence-corrected chi connectivity index (χ4v) is 2.60. The molecule has 0 unspecified atom stereocenters. The summed E-state index contributed by atoms with van der Waals surface area (Å²) in [5, 5.41) is 7.27. The van der Waals surface area contributed by atoms with E-state index in [1.807, 2.05) is 6.92 Å². The van der Waals surface area contributed by atoms with Crippen LogP contribution in [-0.4, -0.2) is 27.8 Å². The van der Waals surface area contributed by atoms with Crippen LogP contribution in [-0.2, 0) is 11.3 Å². The highest BCUT2D eigenvalue weighted by Gasteiger charge is 2.10. The van der Waals surface area contributed by atoms with Gasteiger partial charge < -0.3 is 10.1 Å². The van der Waals surface area contributed by atoms with Gasteiger partial charge in [-0.1, -0.05) is 17.7 Å². The monoisotopic (exact) mass is 384 g/mol. The van der Waals surface area contributed by atoms with Gasteiger partial charge in [0, 0.05) is 16.3 Å². The highest BCUT2D eigenvalue weighted by molar-refractivity contribution is 6.31. The zero-order chi connectivity index (χ0) is 19.4. The number of methoxy groups -OCH3 is 1. The van der Waals surface area contributed by atoms with E-state index in [0.717, 1.165) is 15.8 Å². The Morgan fingerprint density at radius 2 is 1.96 bits per heavy atom. The van der Waals surface area contributed by atoms with Gasteiger partial charge in [0.2, 0.25) is 5.91 Å². The normalized spacial score (nSPS) is 10.5. The molecule has 3 aromatic rings. The van der Waals surface area contributed by atoms with Crippen LogP contribution in [0.25, 0.3) is 11.3 Å². The summed E-state index contributed by atoms with van der Waals surface area (Å²) in [5.41, 5.74) is 1.99. The molecule has 1 aromatic heterocycles. The molecule has 0 atom stereocenters. The molecule has 0 aliphatic heterocycles. The predicted molar refractivity (Wildman–Crippen MR) is 103 cm³/mol. The van der Waals surface area contributed by atoms with Crippen LogP contribution in [0.1, 0.15) is 5.56 Å². The van der Waals surface area contributed by atoms with Crippen molar-refractivity contribution in [1.29, 1.82) is 0 Å². The molecule has 0 aliphatic carbocycles. The van der Waals surface area contributed by atoms with E-state index in [-0.39, 0.29) is 6.54 Å². The highest BCUT2D eigenvalue weighted by Crippen LogP contribution is 2.20. The summed E-state index contributed by atoms with van der Waals surface area (Å²) in [4.78, 5) is 28.4. The first-order valence-electron chi connectivity index (χ1n) is 8.11. The fourth-order valence-electron chi connectivity index (χ4n) is 2.43. The number of benzene rings is 2. The van der Waals surface area contributed by atoms with Gasteiger partial charge in [0.25, 0.3) is 0 Å². The van der Waals surface area contributed by atoms with Gasteiger partial charge in [0.15, 0.2) is 0 Å². The number of hydrogen-bond donors (Lipinski definition) is 1. The molecule has 8 heteroatoms. The minimum absolute atomic E-state index is 0.249. The average Bonchev–Trinajstić information content (AvgIpc) is 2.66. The van der Waals surface area contributed by atoms with Crippen molar-refractivity contribution < 1.29 is 9.53 Å². The van der Waals surface area contributed by atoms with E-state index in [4.69, 9.17) is 16.3 Å². The number of nitrogens with one attached hydrogen (secondary N) is 1. The van der Waals surface area contributed by atoms with Crippen LogP contribution in [0.4, 0.5) is 5.69 Å². The first-order chi connectivity index (χ1) is 13.0. The number of anilines is 1. The minimum atomic E-state index is -0.610. The molecule has 27 heavy (non-hydrogen) atoms. The van der Waals surface area contributed by atoms with Crippen LogP contribution >= 0.6 is 11.6 Å². The number of ether oxygens (including phenoxy) is 1. The zero-order valence-electron chi connectivity index (χ0n) is 14.8. The van der Waals surface area contributed by atoms with E-state index in [9.17, 15) is 9.59 Å². The molecule has 3 rings (SSSR count). The molecule has 0 fully saturated rings. The molecule has 0 bridgehead atoms. The second-order valence-electron chi connectivity index (χ2n) is 5.82. The number of aromatic nitrogens is 3. The fraction of sp³-hybridized carbons (Fsp3) is 0.158. The number of aryl methyl sites for hydroxylation is 1. The molecular weight excluding hydrogens is 368 g/mol. The van der Waals surface area contributed by atoms with Crippen molar-refractivity contribution in [1.82, 2.24) is 14.8 Å². The first-order valence-corrected chi connectivity index (χ1v) is 8.48. The second kappa shape index (κ2) is 8.01. The minimum Gasteiger partial charge on any atom is -0.497 e. The van der Waals surface area contributed by atoms with E-state index in [2.05, 4.69) is 15.4 Å². The Labute approximate surface area is 160 Å². The molecule has 1 heterocycles. The molecule has 1 N–H and O–H groups in total. The molecule has 0 radical (unpaired) electrons. The summed E-state index contributed by atoms with van der Waals surface area (Å²) < 4.78 is 6.10. The summed E-state index contributed by atoms with van der Waals surface area (Å²) in [6.07, 6.45) is 1.45. The number of amides is 1. The maximum absolute atomic E-state index is 12.2. The number of halogens is 1. The number of nitrogens with zero attached hydrogens (tertiary/aromatic N) is 3. The zero-order valence-corrected chi connectivity index (χ0v) is 15.5. The van der Waals surface area contributed by atoms with Gasteiger partial charge in [-0.2, -0.15) is 10.1 Å². The third-order valence-corrected chi connectivity index (χ3v) is 4.14. The van der Waals surface area contributed by atoms with Gasteiger partial charge in [-0.3, -0.25) is 4.79 Å². The molecule has 7 nitrogen and oxygen atoms in total. The van der Waals surface area contributed by atoms with Crippen LogP contribution in [0.5, 0.6) is 5.75 Å². The molecule has 0 spiro atoms. The summed E-state index contributed by atoms with van der Waals surface area (Å²) >= 11 is 5.94. The number of carbonyl (C=O) groups excluding carboxylic acids is 1. The molecule has 0 aliphatic rings. The molecule has 0 saturated carbocycles. The van der Waals surface area contributed by atoms with Gasteiger partial charge in [0.05, 0.1) is 19.0 Å². The van der Waals surface area contributed by atoms with Crippen LogP contribution in [0.15, 0.2) is 53.5 Å². The third kappa shape index (κ3) is 4.51. The SMILES string of the molecule is COc1ccc(-c2cnn(CC(=O)Nc3cc(Cl)ccc3C)c(=O)n2)cc1. The van der Waals surface area contributed by atoms with E-state index in [0.29, 0.717) is 22.2 Å². The van der Waals surface area contributed by atoms with E-state index >= 15 is 0 Å². The largest absolute Gasteiger partial charge is 0.497 e. The van der Waals surface area contributed by atoms with Gasteiger partial charge in [-0.05, 0) is 48.9 Å². The second-order valence-corrected chi connectivity index (χ2v) is 6.25. The van der Waals surface area contributed by atoms with Crippen molar-refractivity contribution in [3.05, 3.63) is 69.7 Å². The third-order valence-electron chi connectivity index (χ3n) is 3.91. The van der Waals surface area contributed by atoms with Crippen molar-refractivity contribution in [3.63, 3.8) is 0 Å². The Morgan fingerprint density at radius 3 is 2.63 bits per heavy atom. The van der Waals surface area contributed by atoms with Crippen molar-refractivity contribution >= 4 is 23.2 Å². The van der Waals surface area contributed by atoms with Crippen LogP contribution in [0, 0.1) is 6.92 Å². The maximum Gasteiger partial charge on any atom is 0.365 e. The summed E-state index contributed by atoms with van der Waals surface area (Å²) in [5.74, 6) is 0.307. The summed E-state index contributed by atoms with van der Waals surface area (Å²) in [6, 6.07) is 12.3. The first kappa shape index (κ1) is 18.6. The van der Waals surface area contributed by atoms with Crippen molar-refractivity contribution in [2.45, 2.75) is 13.5 Å². The lowest BCUT2D eigenvalue weighted by Gasteiger charge is -2.09. The van der Waals surface area contributed by atoms with Crippen molar-refractivity contribution in [2.24, 2.45) is 0 Å². The lowest BCUT2D eigenvalue weighted by Crippen LogP contribution is -2.31. The van der Waals surface area contributed by atoms with Crippen molar-refractivity contribution in [3.8, 4) is 17.0 Å². The lowest BCUT2D eigenvalue weighted by molar-refractivity contribution is -0.117. The number of hydrogen-bond acceptors (Lipinski definition) is 5. The van der Waals surface area contributed by atoms with Crippen LogP contribution in [0.2, 0.25) is 5.02 Å². The summed E-state index contributed by atoms with van der Waals surface area (Å²) in [6.45, 7) is 1.60. The van der Waals surface area contributed by atoms with Gasteiger partial charge in [-0.25, -0.2) is 9.48 Å². The van der Waals surface area contributed by atoms with Crippen molar-refractivity contribution in [2.75, 3.05) is 12.4 Å². The van der Waals surface area contributed by atoms with Gasteiger partial charge in [-0.15, -0.1) is 0 Å². The summed E-state index contributed by atoms with van der Waals surface area (Å²) in [7, 11) is 1.58. The standard InChI is InChI=1S/C19H17ClN4O3/c1-12-3-6-14(20)9-16(12)22-18(25)11-24-19(26)23-17(10-21-24)13-4-7-15(27-2)8-5-13/h3-10H,11H2,1-2H3,(H,22,25). The molecule has 0 saturated heterocycles. The quantitative estimate of drug-likeness (QED) is 0.731. The molecule has 2 aromatic carbocycles. The Morgan fingerprint density at radius 1 is 1.22 bits per heavy atom. The number of rotatable bonds is 5. The Bertz CT molecular complexity index is 1030. The molecule has 138 valence electrons. The van der Waals surface area contributed by atoms with Gasteiger partial charge in [0.1, 0.15) is 12.3 Å². The van der Waals surface area contributed by atoms with E-state index < -0.39 is 11.6 Å². The highest BCUT2D eigenvalue weighted by atomic mass is 35.5. The van der Waals surface area contributed by atoms with Gasteiger partial charge >= 0.3 is 5.69 Å². The van der Waals surface area contributed by atoms with Crippen LogP contribution < -0.4 is 15.7 Å². The maximum atomic E-state index is 12.2. The lowest BCUT2D eigenvalue weighted by atomic mass is 10.1. The average molecular weight is 385 g/mol. The Balaban J connectivity index is 1.74. The van der Waals surface area contributed by atoms with E-state index in [1.54, 1.807) is 49.6 Å². The topological polar surface area (TPSA) is 86.1 Å². The molecule has 1 amide bonds. The van der Waals surface area contributed by atoms with E-state index in [1.165, 1.54) is 6.20 Å². The van der Waals surface area contributed by atoms with Crippen LogP contribution in [0.3, 0.4) is 0 Å². The predicted octanol–water partition coefficient (Wildman–Crippen LogP) is 2.91.